The van der Waals surface area contributed by atoms with Gasteiger partial charge >= 0.3 is 11.7 Å². The summed E-state index contributed by atoms with van der Waals surface area (Å²) in [7, 11) is 0. The number of aromatic nitrogens is 2. The number of amides is 1. The third-order valence-electron chi connectivity index (χ3n) is 3.60. The first-order chi connectivity index (χ1) is 9.77. The van der Waals surface area contributed by atoms with Crippen molar-refractivity contribution < 1.29 is 14.7 Å². The second-order valence-electron chi connectivity index (χ2n) is 4.67. The Balaban J connectivity index is 3.00. The number of carbonyl (C=O) groups is 2. The lowest BCUT2D eigenvalue weighted by Crippen LogP contribution is -2.43. The molecule has 1 amide bonds. The summed E-state index contributed by atoms with van der Waals surface area (Å²) in [4.78, 5) is 49.7. The highest BCUT2D eigenvalue weighted by Crippen LogP contribution is 2.25. The molecule has 0 unspecified atom stereocenters. The third-order valence-corrected chi connectivity index (χ3v) is 3.60. The molecule has 0 spiro atoms. The number of aromatic amines is 2. The first-order valence-electron chi connectivity index (χ1n) is 6.41. The van der Waals surface area contributed by atoms with Crippen molar-refractivity contribution in [1.29, 1.82) is 0 Å². The van der Waals surface area contributed by atoms with Crippen LogP contribution in [0.25, 0.3) is 0 Å². The molecule has 0 radical (unpaired) electrons. The molecule has 0 atom stereocenters. The van der Waals surface area contributed by atoms with Crippen molar-refractivity contribution in [2.24, 2.45) is 5.41 Å². The Bertz CT molecular complexity index is 656. The van der Waals surface area contributed by atoms with Gasteiger partial charge in [0, 0.05) is 6.54 Å². The van der Waals surface area contributed by atoms with Crippen LogP contribution in [0.4, 0.5) is 5.69 Å². The standard InChI is InChI=1S/C12H18N4O5/c1-3-12(4-2,10(19)20)5-14-9(18)7-6(13)8(17)16-11(21)15-7/h3-5,13H2,1-2H3,(H,14,18)(H,19,20)(H2,15,16,17,21). The predicted octanol–water partition coefficient (Wildman–Crippen LogP) is -0.734. The minimum absolute atomic E-state index is 0.136. The van der Waals surface area contributed by atoms with Gasteiger partial charge in [0.25, 0.3) is 11.5 Å². The fourth-order valence-corrected chi connectivity index (χ4v) is 1.89. The molecule has 0 aliphatic rings. The highest BCUT2D eigenvalue weighted by atomic mass is 16.4. The van der Waals surface area contributed by atoms with Gasteiger partial charge in [-0.15, -0.1) is 0 Å². The number of nitrogen functional groups attached to an aromatic ring is 1. The van der Waals surface area contributed by atoms with Crippen molar-refractivity contribution in [2.75, 3.05) is 12.3 Å². The number of aliphatic carboxylic acids is 1. The van der Waals surface area contributed by atoms with E-state index in [0.29, 0.717) is 12.8 Å². The number of nitrogens with two attached hydrogens (primary N) is 1. The molecule has 0 aliphatic heterocycles. The zero-order valence-corrected chi connectivity index (χ0v) is 11.8. The first-order valence-corrected chi connectivity index (χ1v) is 6.41. The Labute approximate surface area is 119 Å². The second-order valence-corrected chi connectivity index (χ2v) is 4.67. The monoisotopic (exact) mass is 298 g/mol. The lowest BCUT2D eigenvalue weighted by atomic mass is 9.82. The van der Waals surface area contributed by atoms with Crippen molar-refractivity contribution in [2.45, 2.75) is 26.7 Å². The number of rotatable bonds is 6. The van der Waals surface area contributed by atoms with Gasteiger partial charge in [0.05, 0.1) is 5.41 Å². The molecule has 116 valence electrons. The molecule has 0 saturated carbocycles. The van der Waals surface area contributed by atoms with Gasteiger partial charge in [0.15, 0.2) is 0 Å². The topological polar surface area (TPSA) is 158 Å². The number of hydrogen-bond donors (Lipinski definition) is 5. The predicted molar refractivity (Wildman–Crippen MR) is 75.1 cm³/mol. The van der Waals surface area contributed by atoms with Crippen LogP contribution in [0.2, 0.25) is 0 Å². The van der Waals surface area contributed by atoms with Crippen LogP contribution in [-0.4, -0.2) is 33.5 Å². The van der Waals surface area contributed by atoms with Gasteiger partial charge in [-0.3, -0.25) is 19.4 Å². The molecule has 6 N–H and O–H groups in total. The fourth-order valence-electron chi connectivity index (χ4n) is 1.89. The van der Waals surface area contributed by atoms with Crippen molar-refractivity contribution >= 4 is 17.6 Å². The summed E-state index contributed by atoms with van der Waals surface area (Å²) in [6.45, 7) is 3.27. The minimum Gasteiger partial charge on any atom is -0.481 e. The van der Waals surface area contributed by atoms with Crippen LogP contribution in [0.5, 0.6) is 0 Å². The van der Waals surface area contributed by atoms with E-state index >= 15 is 0 Å². The average molecular weight is 298 g/mol. The second kappa shape index (κ2) is 6.25. The smallest absolute Gasteiger partial charge is 0.326 e. The number of nitrogens with one attached hydrogen (secondary N) is 3. The molecule has 9 heteroatoms. The van der Waals surface area contributed by atoms with Crippen molar-refractivity contribution in [3.05, 3.63) is 26.5 Å². The summed E-state index contributed by atoms with van der Waals surface area (Å²) in [5.41, 5.74) is 1.77. The van der Waals surface area contributed by atoms with Gasteiger partial charge in [-0.25, -0.2) is 4.79 Å². The zero-order chi connectivity index (χ0) is 16.2. The van der Waals surface area contributed by atoms with E-state index in [4.69, 9.17) is 5.73 Å². The SMILES string of the molecule is CCC(CC)(CNC(=O)c1[nH]c(=O)[nH]c(=O)c1N)C(=O)O. The Kier molecular flexibility index (Phi) is 4.90. The highest BCUT2D eigenvalue weighted by Gasteiger charge is 2.35. The van der Waals surface area contributed by atoms with Gasteiger partial charge in [0.1, 0.15) is 11.4 Å². The fraction of sp³-hybridized carbons (Fsp3) is 0.500. The zero-order valence-electron chi connectivity index (χ0n) is 11.8. The van der Waals surface area contributed by atoms with Crippen LogP contribution in [0, 0.1) is 5.41 Å². The molecule has 9 nitrogen and oxygen atoms in total. The summed E-state index contributed by atoms with van der Waals surface area (Å²) < 4.78 is 0. The van der Waals surface area contributed by atoms with E-state index in [0.717, 1.165) is 0 Å². The summed E-state index contributed by atoms with van der Waals surface area (Å²) in [5.74, 6) is -1.83. The van der Waals surface area contributed by atoms with Crippen LogP contribution in [0.1, 0.15) is 37.2 Å². The van der Waals surface area contributed by atoms with Crippen LogP contribution in [0.3, 0.4) is 0 Å². The van der Waals surface area contributed by atoms with E-state index in [-0.39, 0.29) is 12.2 Å². The van der Waals surface area contributed by atoms with Crippen molar-refractivity contribution in [1.82, 2.24) is 15.3 Å². The number of H-pyrrole nitrogens is 2. The van der Waals surface area contributed by atoms with E-state index < -0.39 is 34.2 Å². The number of carboxylic acid groups (broad SMARTS) is 1. The lowest BCUT2D eigenvalue weighted by molar-refractivity contribution is -0.149. The molecule has 21 heavy (non-hydrogen) atoms. The molecule has 0 bridgehead atoms. The molecule has 1 aromatic heterocycles. The maximum atomic E-state index is 12.0. The summed E-state index contributed by atoms with van der Waals surface area (Å²) in [6.07, 6.45) is 0.640. The van der Waals surface area contributed by atoms with Gasteiger partial charge in [-0.1, -0.05) is 13.8 Å². The van der Waals surface area contributed by atoms with E-state index in [1.54, 1.807) is 13.8 Å². The number of carbonyl (C=O) groups excluding carboxylic acids is 1. The van der Waals surface area contributed by atoms with Gasteiger partial charge in [-0.2, -0.15) is 0 Å². The average Bonchev–Trinajstić information content (AvgIpc) is 2.43. The summed E-state index contributed by atoms with van der Waals surface area (Å²) >= 11 is 0. The van der Waals surface area contributed by atoms with Gasteiger partial charge < -0.3 is 21.1 Å². The Morgan fingerprint density at radius 3 is 2.29 bits per heavy atom. The minimum atomic E-state index is -1.11. The van der Waals surface area contributed by atoms with E-state index in [1.165, 1.54) is 0 Å². The molecular formula is C12H18N4O5. The normalized spacial score (nSPS) is 11.1. The van der Waals surface area contributed by atoms with Crippen LogP contribution in [-0.2, 0) is 4.79 Å². The van der Waals surface area contributed by atoms with Crippen LogP contribution in [0.15, 0.2) is 9.59 Å². The molecule has 0 aliphatic carbocycles. The van der Waals surface area contributed by atoms with Crippen LogP contribution < -0.4 is 22.3 Å². The van der Waals surface area contributed by atoms with Gasteiger partial charge in [0.2, 0.25) is 0 Å². The van der Waals surface area contributed by atoms with E-state index in [1.807, 2.05) is 4.98 Å². The Morgan fingerprint density at radius 2 is 1.81 bits per heavy atom. The highest BCUT2D eigenvalue weighted by molar-refractivity contribution is 5.97. The molecule has 1 heterocycles. The van der Waals surface area contributed by atoms with E-state index in [9.17, 15) is 24.3 Å². The van der Waals surface area contributed by atoms with Crippen molar-refractivity contribution in [3.8, 4) is 0 Å². The molecule has 1 aromatic rings. The number of hydrogen-bond acceptors (Lipinski definition) is 5. The first kappa shape index (κ1) is 16.5. The molecule has 0 saturated heterocycles. The maximum Gasteiger partial charge on any atom is 0.326 e. The van der Waals surface area contributed by atoms with Crippen LogP contribution >= 0.6 is 0 Å². The summed E-state index contributed by atoms with van der Waals surface area (Å²) in [5, 5.41) is 11.7. The number of carboxylic acids is 1. The number of anilines is 1. The molecule has 0 fully saturated rings. The molecule has 0 aromatic carbocycles. The third kappa shape index (κ3) is 3.30. The Hall–Kier alpha value is -2.58. The quantitative estimate of drug-likeness (QED) is 0.465. The van der Waals surface area contributed by atoms with Gasteiger partial charge in [-0.05, 0) is 12.8 Å². The summed E-state index contributed by atoms with van der Waals surface area (Å²) in [6, 6.07) is 0. The molecule has 1 rings (SSSR count). The lowest BCUT2D eigenvalue weighted by Gasteiger charge is -2.26. The maximum absolute atomic E-state index is 12.0. The molecular weight excluding hydrogens is 280 g/mol. The largest absolute Gasteiger partial charge is 0.481 e. The van der Waals surface area contributed by atoms with E-state index in [2.05, 4.69) is 10.3 Å². The van der Waals surface area contributed by atoms with Crippen molar-refractivity contribution in [3.63, 3.8) is 0 Å². The Morgan fingerprint density at radius 1 is 1.24 bits per heavy atom.